The standard InChI is InChI=1S/C11H11F9O/c1-7(2,3)6(21)4-5-8(12,13)9(14,15)10(16,17)11(18,19)20/h4-5H,1-3H3/b5-4+. The van der Waals surface area contributed by atoms with E-state index >= 15 is 0 Å². The summed E-state index contributed by atoms with van der Waals surface area (Å²) in [6, 6.07) is 0. The fourth-order valence-electron chi connectivity index (χ4n) is 0.922. The van der Waals surface area contributed by atoms with Crippen LogP contribution in [0, 0.1) is 5.41 Å². The SMILES string of the molecule is CC(C)(C)C(=O)/C=C/C(F)(F)C(F)(F)C(F)(F)C(F)(F)F. The molecule has 0 aliphatic heterocycles. The summed E-state index contributed by atoms with van der Waals surface area (Å²) in [6.07, 6.45) is -7.96. The van der Waals surface area contributed by atoms with Crippen LogP contribution in [0.1, 0.15) is 20.8 Å². The third-order valence-electron chi connectivity index (χ3n) is 2.35. The molecule has 0 spiro atoms. The number of allylic oxidation sites excluding steroid dienone is 2. The number of alkyl halides is 9. The highest BCUT2D eigenvalue weighted by molar-refractivity contribution is 5.94. The van der Waals surface area contributed by atoms with E-state index in [9.17, 15) is 44.3 Å². The number of carbonyl (C=O) groups is 1. The lowest BCUT2D eigenvalue weighted by atomic mass is 9.90. The van der Waals surface area contributed by atoms with Crippen molar-refractivity contribution in [1.29, 1.82) is 0 Å². The maximum absolute atomic E-state index is 13.0. The van der Waals surface area contributed by atoms with E-state index < -0.39 is 41.2 Å². The number of carbonyl (C=O) groups excluding carboxylic acids is 1. The van der Waals surface area contributed by atoms with Crippen molar-refractivity contribution >= 4 is 5.78 Å². The van der Waals surface area contributed by atoms with Crippen molar-refractivity contribution in [3.8, 4) is 0 Å². The van der Waals surface area contributed by atoms with Crippen molar-refractivity contribution in [2.45, 2.75) is 44.7 Å². The highest BCUT2D eigenvalue weighted by Crippen LogP contribution is 2.53. The van der Waals surface area contributed by atoms with E-state index in [1.54, 1.807) is 0 Å². The first-order valence-electron chi connectivity index (χ1n) is 5.32. The number of hydrogen-bond acceptors (Lipinski definition) is 1. The number of hydrogen-bond donors (Lipinski definition) is 0. The normalized spacial score (nSPS) is 15.6. The van der Waals surface area contributed by atoms with E-state index in [-0.39, 0.29) is 6.08 Å². The fraction of sp³-hybridized carbons (Fsp3) is 0.727. The minimum Gasteiger partial charge on any atom is -0.294 e. The predicted molar refractivity (Wildman–Crippen MR) is 54.5 cm³/mol. The highest BCUT2D eigenvalue weighted by atomic mass is 19.4. The highest BCUT2D eigenvalue weighted by Gasteiger charge is 2.81. The zero-order valence-electron chi connectivity index (χ0n) is 11.0. The largest absolute Gasteiger partial charge is 0.460 e. The van der Waals surface area contributed by atoms with Gasteiger partial charge in [0.2, 0.25) is 0 Å². The Morgan fingerprint density at radius 3 is 1.43 bits per heavy atom. The Labute approximate surface area is 113 Å². The molecule has 0 rings (SSSR count). The molecule has 0 unspecified atom stereocenters. The molecule has 0 heterocycles. The van der Waals surface area contributed by atoms with Crippen molar-refractivity contribution < 1.29 is 44.3 Å². The molecule has 0 aromatic rings. The number of ketones is 1. The van der Waals surface area contributed by atoms with Gasteiger partial charge in [0.15, 0.2) is 5.78 Å². The van der Waals surface area contributed by atoms with E-state index in [0.717, 1.165) is 0 Å². The molecule has 0 aromatic carbocycles. The summed E-state index contributed by atoms with van der Waals surface area (Å²) < 4.78 is 112. The molecule has 0 radical (unpaired) electrons. The van der Waals surface area contributed by atoms with Crippen LogP contribution in [-0.4, -0.2) is 29.7 Å². The summed E-state index contributed by atoms with van der Waals surface area (Å²) in [6.45, 7) is 3.63. The molecular weight excluding hydrogens is 319 g/mol. The molecule has 0 aliphatic rings. The van der Waals surface area contributed by atoms with Gasteiger partial charge >= 0.3 is 23.9 Å². The maximum Gasteiger partial charge on any atom is 0.460 e. The van der Waals surface area contributed by atoms with E-state index in [0.29, 0.717) is 0 Å². The van der Waals surface area contributed by atoms with Gasteiger partial charge in [-0.1, -0.05) is 20.8 Å². The van der Waals surface area contributed by atoms with Crippen LogP contribution in [0.3, 0.4) is 0 Å². The van der Waals surface area contributed by atoms with Gasteiger partial charge in [-0.3, -0.25) is 4.79 Å². The van der Waals surface area contributed by atoms with E-state index in [1.165, 1.54) is 20.8 Å². The number of rotatable bonds is 4. The van der Waals surface area contributed by atoms with E-state index in [2.05, 4.69) is 0 Å². The van der Waals surface area contributed by atoms with Crippen molar-refractivity contribution in [1.82, 2.24) is 0 Å². The molecular formula is C11H11F9O. The summed E-state index contributed by atoms with van der Waals surface area (Å²) in [5, 5.41) is 0. The van der Waals surface area contributed by atoms with Crippen LogP contribution in [0.2, 0.25) is 0 Å². The molecule has 0 N–H and O–H groups in total. The summed E-state index contributed by atoms with van der Waals surface area (Å²) in [5.41, 5.74) is -1.30. The average molecular weight is 330 g/mol. The third kappa shape index (κ3) is 3.70. The lowest BCUT2D eigenvalue weighted by Crippen LogP contribution is -2.60. The molecule has 0 saturated carbocycles. The van der Waals surface area contributed by atoms with Crippen molar-refractivity contribution in [2.24, 2.45) is 5.41 Å². The quantitative estimate of drug-likeness (QED) is 0.543. The molecule has 124 valence electrons. The minimum atomic E-state index is -6.96. The summed E-state index contributed by atoms with van der Waals surface area (Å²) in [5.74, 6) is -20.7. The van der Waals surface area contributed by atoms with Crippen LogP contribution < -0.4 is 0 Å². The van der Waals surface area contributed by atoms with Crippen molar-refractivity contribution in [2.75, 3.05) is 0 Å². The summed E-state index contributed by atoms with van der Waals surface area (Å²) in [7, 11) is 0. The van der Waals surface area contributed by atoms with Crippen LogP contribution in [0.25, 0.3) is 0 Å². The smallest absolute Gasteiger partial charge is 0.294 e. The van der Waals surface area contributed by atoms with Gasteiger partial charge < -0.3 is 0 Å². The maximum atomic E-state index is 13.0. The number of halogens is 9. The second-order valence-corrected chi connectivity index (χ2v) is 5.22. The van der Waals surface area contributed by atoms with Crippen LogP contribution in [-0.2, 0) is 4.79 Å². The van der Waals surface area contributed by atoms with Gasteiger partial charge in [0.05, 0.1) is 0 Å². The topological polar surface area (TPSA) is 17.1 Å². The van der Waals surface area contributed by atoms with E-state index in [4.69, 9.17) is 0 Å². The fourth-order valence-corrected chi connectivity index (χ4v) is 0.922. The third-order valence-corrected chi connectivity index (χ3v) is 2.35. The molecule has 0 fully saturated rings. The summed E-state index contributed by atoms with van der Waals surface area (Å²) in [4.78, 5) is 11.2. The molecule has 1 nitrogen and oxygen atoms in total. The molecule has 0 atom stereocenters. The molecule has 0 aromatic heterocycles. The predicted octanol–water partition coefficient (Wildman–Crippen LogP) is 4.63. The first-order valence-corrected chi connectivity index (χ1v) is 5.32. The molecule has 0 amide bonds. The minimum absolute atomic E-state index is 0.139. The van der Waals surface area contributed by atoms with Gasteiger partial charge in [-0.2, -0.15) is 39.5 Å². The van der Waals surface area contributed by atoms with Crippen molar-refractivity contribution in [3.63, 3.8) is 0 Å². The van der Waals surface area contributed by atoms with Gasteiger partial charge in [0, 0.05) is 5.41 Å². The monoisotopic (exact) mass is 330 g/mol. The molecule has 0 saturated heterocycles. The Bertz CT molecular complexity index is 426. The van der Waals surface area contributed by atoms with Crippen molar-refractivity contribution in [3.05, 3.63) is 12.2 Å². The lowest BCUT2D eigenvalue weighted by Gasteiger charge is -2.32. The molecule has 10 heteroatoms. The second-order valence-electron chi connectivity index (χ2n) is 5.22. The molecule has 21 heavy (non-hydrogen) atoms. The zero-order chi connectivity index (χ0) is 17.5. The van der Waals surface area contributed by atoms with Gasteiger partial charge in [-0.05, 0) is 12.2 Å². The van der Waals surface area contributed by atoms with Crippen LogP contribution in [0.5, 0.6) is 0 Å². The zero-order valence-corrected chi connectivity index (χ0v) is 11.0. The van der Waals surface area contributed by atoms with Crippen LogP contribution in [0.15, 0.2) is 12.2 Å². The Morgan fingerprint density at radius 2 is 1.14 bits per heavy atom. The molecule has 0 bridgehead atoms. The first-order chi connectivity index (χ1) is 8.88. The summed E-state index contributed by atoms with van der Waals surface area (Å²) >= 11 is 0. The van der Waals surface area contributed by atoms with Gasteiger partial charge in [0.25, 0.3) is 0 Å². The van der Waals surface area contributed by atoms with Crippen LogP contribution in [0.4, 0.5) is 39.5 Å². The molecule has 0 aliphatic carbocycles. The Morgan fingerprint density at radius 1 is 0.762 bits per heavy atom. The Hall–Kier alpha value is -1.22. The first kappa shape index (κ1) is 19.8. The van der Waals surface area contributed by atoms with E-state index in [1.807, 2.05) is 0 Å². The Kier molecular flexibility index (Phi) is 4.90. The van der Waals surface area contributed by atoms with Gasteiger partial charge in [-0.15, -0.1) is 0 Å². The van der Waals surface area contributed by atoms with Gasteiger partial charge in [-0.25, -0.2) is 0 Å². The Balaban J connectivity index is 5.61. The van der Waals surface area contributed by atoms with Gasteiger partial charge in [0.1, 0.15) is 0 Å². The van der Waals surface area contributed by atoms with Crippen LogP contribution >= 0.6 is 0 Å². The lowest BCUT2D eigenvalue weighted by molar-refractivity contribution is -0.388. The second kappa shape index (κ2) is 5.20. The average Bonchev–Trinajstić information content (AvgIpc) is 2.22.